The highest BCUT2D eigenvalue weighted by molar-refractivity contribution is 9.10. The van der Waals surface area contributed by atoms with Crippen LogP contribution in [0.5, 0.6) is 0 Å². The summed E-state index contributed by atoms with van der Waals surface area (Å²) in [5.41, 5.74) is 1.36. The third-order valence-corrected chi connectivity index (χ3v) is 4.69. The lowest BCUT2D eigenvalue weighted by Crippen LogP contribution is -2.26. The Morgan fingerprint density at radius 1 is 1.45 bits per heavy atom. The van der Waals surface area contributed by atoms with E-state index in [-0.39, 0.29) is 0 Å². The number of nitrogens with zero attached hydrogens (tertiary/aromatic N) is 1. The van der Waals surface area contributed by atoms with Crippen molar-refractivity contribution in [1.82, 2.24) is 4.90 Å². The van der Waals surface area contributed by atoms with E-state index in [9.17, 15) is 4.79 Å². The number of rotatable bonds is 6. The lowest BCUT2D eigenvalue weighted by Gasteiger charge is -2.27. The average molecular weight is 340 g/mol. The van der Waals surface area contributed by atoms with Gasteiger partial charge < -0.3 is 5.11 Å². The lowest BCUT2D eigenvalue weighted by molar-refractivity contribution is -0.137. The van der Waals surface area contributed by atoms with Crippen LogP contribution in [0.4, 0.5) is 0 Å². The lowest BCUT2D eigenvalue weighted by atomic mass is 10.0. The zero-order valence-electron chi connectivity index (χ0n) is 11.9. The van der Waals surface area contributed by atoms with Gasteiger partial charge in [0.15, 0.2) is 0 Å². The number of halogens is 1. The highest BCUT2D eigenvalue weighted by Gasteiger charge is 2.28. The number of carboxylic acids is 1. The molecule has 2 unspecified atom stereocenters. The molecule has 1 heterocycles. The summed E-state index contributed by atoms with van der Waals surface area (Å²) in [7, 11) is 0. The van der Waals surface area contributed by atoms with Gasteiger partial charge in [0.05, 0.1) is 0 Å². The van der Waals surface area contributed by atoms with E-state index >= 15 is 0 Å². The molecule has 4 heteroatoms. The van der Waals surface area contributed by atoms with Crippen molar-refractivity contribution in [1.29, 1.82) is 0 Å². The fraction of sp³-hybridized carbons (Fsp3) is 0.562. The third kappa shape index (κ3) is 4.06. The van der Waals surface area contributed by atoms with Crippen LogP contribution >= 0.6 is 15.9 Å². The summed E-state index contributed by atoms with van der Waals surface area (Å²) >= 11 is 3.47. The predicted molar refractivity (Wildman–Crippen MR) is 83.7 cm³/mol. The van der Waals surface area contributed by atoms with Gasteiger partial charge in [-0.2, -0.15) is 0 Å². The second-order valence-electron chi connectivity index (χ2n) is 5.56. The molecule has 0 spiro atoms. The van der Waals surface area contributed by atoms with Crippen LogP contribution < -0.4 is 0 Å². The Morgan fingerprint density at radius 2 is 2.15 bits per heavy atom. The molecule has 1 aromatic rings. The van der Waals surface area contributed by atoms with Crippen LogP contribution in [-0.4, -0.2) is 29.1 Å². The standard InChI is InChI=1S/C16H22BrNO2/c1-2-15(13-4-6-14(17)7-5-13)18-10-9-12(11-18)3-8-16(19)20/h4-7,12,15H,2-3,8-11H2,1H3,(H,19,20). The normalized spacial score (nSPS) is 21.0. The van der Waals surface area contributed by atoms with Gasteiger partial charge in [-0.15, -0.1) is 0 Å². The Kier molecular flexibility index (Phi) is 5.61. The van der Waals surface area contributed by atoms with E-state index in [2.05, 4.69) is 52.0 Å². The zero-order chi connectivity index (χ0) is 14.5. The minimum Gasteiger partial charge on any atom is -0.481 e. The molecular formula is C16H22BrNO2. The van der Waals surface area contributed by atoms with Gasteiger partial charge in [0.25, 0.3) is 0 Å². The fourth-order valence-corrected chi connectivity index (χ4v) is 3.36. The van der Waals surface area contributed by atoms with Gasteiger partial charge in [0.1, 0.15) is 0 Å². The van der Waals surface area contributed by atoms with Crippen molar-refractivity contribution in [2.24, 2.45) is 5.92 Å². The summed E-state index contributed by atoms with van der Waals surface area (Å²) < 4.78 is 1.11. The summed E-state index contributed by atoms with van der Waals surface area (Å²) in [5.74, 6) is -0.140. The minimum absolute atomic E-state index is 0.299. The maximum atomic E-state index is 10.7. The molecule has 0 aromatic heterocycles. The first-order chi connectivity index (χ1) is 9.60. The van der Waals surface area contributed by atoms with E-state index in [1.165, 1.54) is 5.56 Å². The topological polar surface area (TPSA) is 40.5 Å². The van der Waals surface area contributed by atoms with Crippen molar-refractivity contribution in [3.8, 4) is 0 Å². The summed E-state index contributed by atoms with van der Waals surface area (Å²) in [6.07, 6.45) is 3.32. The molecule has 1 aliphatic heterocycles. The molecule has 2 atom stereocenters. The third-order valence-electron chi connectivity index (χ3n) is 4.17. The second kappa shape index (κ2) is 7.23. The number of hydrogen-bond donors (Lipinski definition) is 1. The molecule has 0 amide bonds. The molecule has 0 aliphatic carbocycles. The molecule has 2 rings (SSSR count). The molecule has 0 bridgehead atoms. The summed E-state index contributed by atoms with van der Waals surface area (Å²) in [5, 5.41) is 8.78. The number of hydrogen-bond acceptors (Lipinski definition) is 2. The smallest absolute Gasteiger partial charge is 0.303 e. The molecule has 1 fully saturated rings. The first-order valence-corrected chi connectivity index (χ1v) is 8.10. The summed E-state index contributed by atoms with van der Waals surface area (Å²) in [6, 6.07) is 9.01. The molecule has 1 N–H and O–H groups in total. The largest absolute Gasteiger partial charge is 0.481 e. The quantitative estimate of drug-likeness (QED) is 0.848. The van der Waals surface area contributed by atoms with Crippen molar-refractivity contribution in [3.05, 3.63) is 34.3 Å². The SMILES string of the molecule is CCC(c1ccc(Br)cc1)N1CCC(CCC(=O)O)C1. The monoisotopic (exact) mass is 339 g/mol. The van der Waals surface area contributed by atoms with Gasteiger partial charge in [-0.05, 0) is 49.4 Å². The molecule has 1 saturated heterocycles. The van der Waals surface area contributed by atoms with Crippen molar-refractivity contribution >= 4 is 21.9 Å². The van der Waals surface area contributed by atoms with Crippen molar-refractivity contribution < 1.29 is 9.90 Å². The Bertz CT molecular complexity index is 446. The van der Waals surface area contributed by atoms with Gasteiger partial charge in [0.2, 0.25) is 0 Å². The first-order valence-electron chi connectivity index (χ1n) is 7.31. The van der Waals surface area contributed by atoms with E-state index in [0.29, 0.717) is 18.4 Å². The van der Waals surface area contributed by atoms with Crippen molar-refractivity contribution in [2.45, 2.75) is 38.6 Å². The molecule has 1 aromatic carbocycles. The molecule has 0 radical (unpaired) electrons. The average Bonchev–Trinajstić information content (AvgIpc) is 2.88. The highest BCUT2D eigenvalue weighted by atomic mass is 79.9. The van der Waals surface area contributed by atoms with Crippen molar-refractivity contribution in [2.75, 3.05) is 13.1 Å². The van der Waals surface area contributed by atoms with Crippen LogP contribution in [0, 0.1) is 5.92 Å². The van der Waals surface area contributed by atoms with Gasteiger partial charge in [-0.1, -0.05) is 35.0 Å². The van der Waals surface area contributed by atoms with E-state index in [4.69, 9.17) is 5.11 Å². The van der Waals surface area contributed by atoms with Gasteiger partial charge in [-0.25, -0.2) is 0 Å². The zero-order valence-corrected chi connectivity index (χ0v) is 13.5. The molecular weight excluding hydrogens is 318 g/mol. The van der Waals surface area contributed by atoms with E-state index in [0.717, 1.165) is 36.8 Å². The molecule has 20 heavy (non-hydrogen) atoms. The van der Waals surface area contributed by atoms with Crippen LogP contribution in [0.25, 0.3) is 0 Å². The van der Waals surface area contributed by atoms with Crippen LogP contribution in [-0.2, 0) is 4.79 Å². The fourth-order valence-electron chi connectivity index (χ4n) is 3.10. The second-order valence-corrected chi connectivity index (χ2v) is 6.47. The van der Waals surface area contributed by atoms with E-state index < -0.39 is 5.97 Å². The van der Waals surface area contributed by atoms with E-state index in [1.54, 1.807) is 0 Å². The summed E-state index contributed by atoms with van der Waals surface area (Å²) in [6.45, 7) is 4.33. The van der Waals surface area contributed by atoms with Crippen LogP contribution in [0.3, 0.4) is 0 Å². The Labute approximate surface area is 129 Å². The molecule has 0 saturated carbocycles. The number of likely N-dealkylation sites (tertiary alicyclic amines) is 1. The molecule has 3 nitrogen and oxygen atoms in total. The van der Waals surface area contributed by atoms with Crippen LogP contribution in [0.2, 0.25) is 0 Å². The van der Waals surface area contributed by atoms with Gasteiger partial charge in [-0.3, -0.25) is 9.69 Å². The van der Waals surface area contributed by atoms with Crippen molar-refractivity contribution in [3.63, 3.8) is 0 Å². The first kappa shape index (κ1) is 15.5. The Hall–Kier alpha value is -0.870. The maximum Gasteiger partial charge on any atom is 0.303 e. The number of benzene rings is 1. The number of carbonyl (C=O) groups is 1. The predicted octanol–water partition coefficient (Wildman–Crippen LogP) is 4.09. The molecule has 1 aliphatic rings. The van der Waals surface area contributed by atoms with Crippen LogP contribution in [0.15, 0.2) is 28.7 Å². The van der Waals surface area contributed by atoms with Gasteiger partial charge in [0, 0.05) is 23.5 Å². The summed E-state index contributed by atoms with van der Waals surface area (Å²) in [4.78, 5) is 13.2. The van der Waals surface area contributed by atoms with Crippen LogP contribution in [0.1, 0.15) is 44.2 Å². The van der Waals surface area contributed by atoms with E-state index in [1.807, 2.05) is 0 Å². The Morgan fingerprint density at radius 3 is 2.75 bits per heavy atom. The minimum atomic E-state index is -0.677. The van der Waals surface area contributed by atoms with Gasteiger partial charge >= 0.3 is 5.97 Å². The Balaban J connectivity index is 1.96. The number of aliphatic carboxylic acids is 1. The molecule has 110 valence electrons. The highest BCUT2D eigenvalue weighted by Crippen LogP contribution is 2.32. The maximum absolute atomic E-state index is 10.7. The number of carboxylic acid groups (broad SMARTS) is 1.